The van der Waals surface area contributed by atoms with Crippen LogP contribution in [-0.4, -0.2) is 28.0 Å². The lowest BCUT2D eigenvalue weighted by molar-refractivity contribution is 0.574. The summed E-state index contributed by atoms with van der Waals surface area (Å²) >= 11 is 0. The van der Waals surface area contributed by atoms with Gasteiger partial charge in [0.15, 0.2) is 0 Å². The largest absolute Gasteiger partial charge is 0.356 e. The molecule has 3 heterocycles. The zero-order chi connectivity index (χ0) is 15.6. The molecule has 116 valence electrons. The zero-order valence-corrected chi connectivity index (χ0v) is 13.4. The Hall–Kier alpha value is -2.49. The fourth-order valence-electron chi connectivity index (χ4n) is 3.39. The molecule has 1 saturated heterocycles. The van der Waals surface area contributed by atoms with Gasteiger partial charge in [0.2, 0.25) is 0 Å². The van der Waals surface area contributed by atoms with Gasteiger partial charge in [0.25, 0.3) is 0 Å². The van der Waals surface area contributed by atoms with Crippen molar-refractivity contribution in [1.29, 1.82) is 0 Å². The Bertz CT molecular complexity index is 823. The number of aromatic nitrogens is 3. The number of fused-ring (bicyclic) bond motifs is 1. The van der Waals surface area contributed by atoms with Gasteiger partial charge >= 0.3 is 0 Å². The summed E-state index contributed by atoms with van der Waals surface area (Å²) in [5.41, 5.74) is 4.54. The quantitative estimate of drug-likeness (QED) is 0.718. The van der Waals surface area contributed by atoms with E-state index in [4.69, 9.17) is 0 Å². The van der Waals surface area contributed by atoms with E-state index in [0.29, 0.717) is 0 Å². The molecule has 0 unspecified atom stereocenters. The van der Waals surface area contributed by atoms with Gasteiger partial charge in [0.1, 0.15) is 12.1 Å². The molecular formula is C19H20N4. The predicted octanol–water partition coefficient (Wildman–Crippen LogP) is 3.99. The van der Waals surface area contributed by atoms with Crippen molar-refractivity contribution in [3.05, 3.63) is 48.5 Å². The molecule has 4 nitrogen and oxygen atoms in total. The first-order chi connectivity index (χ1) is 11.3. The standard InChI is InChI=1S/C19H20N4/c1-14-10-16(15-6-5-7-20-12-15)11-17-18(14)21-13-22-19(17)23-8-3-2-4-9-23/h5-7,10-13H,2-4,8-9H2,1H3. The molecule has 0 amide bonds. The molecule has 0 N–H and O–H groups in total. The van der Waals surface area contributed by atoms with E-state index in [9.17, 15) is 0 Å². The molecule has 1 fully saturated rings. The number of piperidine rings is 1. The van der Waals surface area contributed by atoms with Gasteiger partial charge in [-0.05, 0) is 55.5 Å². The van der Waals surface area contributed by atoms with Crippen LogP contribution in [0.3, 0.4) is 0 Å². The highest BCUT2D eigenvalue weighted by atomic mass is 15.2. The molecule has 3 aromatic rings. The second kappa shape index (κ2) is 5.95. The van der Waals surface area contributed by atoms with Crippen molar-refractivity contribution >= 4 is 16.7 Å². The van der Waals surface area contributed by atoms with E-state index in [2.05, 4.69) is 45.0 Å². The predicted molar refractivity (Wildman–Crippen MR) is 93.6 cm³/mol. The van der Waals surface area contributed by atoms with E-state index < -0.39 is 0 Å². The molecule has 0 atom stereocenters. The third kappa shape index (κ3) is 2.65. The summed E-state index contributed by atoms with van der Waals surface area (Å²) < 4.78 is 0. The van der Waals surface area contributed by atoms with Gasteiger partial charge in [0, 0.05) is 36.4 Å². The number of pyridine rings is 1. The van der Waals surface area contributed by atoms with Gasteiger partial charge in [-0.1, -0.05) is 6.07 Å². The number of aryl methyl sites for hydroxylation is 1. The summed E-state index contributed by atoms with van der Waals surface area (Å²) in [4.78, 5) is 15.8. The second-order valence-corrected chi connectivity index (χ2v) is 6.18. The summed E-state index contributed by atoms with van der Waals surface area (Å²) in [7, 11) is 0. The topological polar surface area (TPSA) is 41.9 Å². The minimum absolute atomic E-state index is 1.05. The highest BCUT2D eigenvalue weighted by Crippen LogP contribution is 2.31. The molecule has 1 aliphatic rings. The van der Waals surface area contributed by atoms with Crippen LogP contribution in [0, 0.1) is 6.92 Å². The average molecular weight is 304 g/mol. The third-order valence-electron chi connectivity index (χ3n) is 4.56. The van der Waals surface area contributed by atoms with E-state index in [1.807, 2.05) is 12.3 Å². The lowest BCUT2D eigenvalue weighted by Gasteiger charge is -2.28. The maximum Gasteiger partial charge on any atom is 0.139 e. The number of hydrogen-bond acceptors (Lipinski definition) is 4. The number of anilines is 1. The Morgan fingerprint density at radius 2 is 1.87 bits per heavy atom. The lowest BCUT2D eigenvalue weighted by atomic mass is 10.0. The first kappa shape index (κ1) is 14.1. The SMILES string of the molecule is Cc1cc(-c2cccnc2)cc2c(N3CCCCC3)ncnc12. The van der Waals surface area contributed by atoms with Crippen LogP contribution >= 0.6 is 0 Å². The minimum Gasteiger partial charge on any atom is -0.356 e. The fourth-order valence-corrected chi connectivity index (χ4v) is 3.39. The van der Waals surface area contributed by atoms with E-state index in [-0.39, 0.29) is 0 Å². The maximum atomic E-state index is 4.61. The summed E-state index contributed by atoms with van der Waals surface area (Å²) in [5.74, 6) is 1.07. The number of hydrogen-bond donors (Lipinski definition) is 0. The smallest absolute Gasteiger partial charge is 0.139 e. The van der Waals surface area contributed by atoms with Gasteiger partial charge in [-0.3, -0.25) is 4.98 Å². The second-order valence-electron chi connectivity index (χ2n) is 6.18. The summed E-state index contributed by atoms with van der Waals surface area (Å²) in [6.07, 6.45) is 9.21. The molecule has 4 heteroatoms. The molecule has 0 saturated carbocycles. The molecule has 23 heavy (non-hydrogen) atoms. The van der Waals surface area contributed by atoms with Crippen LogP contribution < -0.4 is 4.90 Å². The fraction of sp³-hybridized carbons (Fsp3) is 0.316. The van der Waals surface area contributed by atoms with E-state index in [1.54, 1.807) is 12.5 Å². The van der Waals surface area contributed by atoms with Crippen molar-refractivity contribution in [3.63, 3.8) is 0 Å². The molecule has 0 aliphatic carbocycles. The Labute approximate surface area is 136 Å². The van der Waals surface area contributed by atoms with Crippen molar-refractivity contribution in [1.82, 2.24) is 15.0 Å². The van der Waals surface area contributed by atoms with E-state index in [1.165, 1.54) is 30.4 Å². The van der Waals surface area contributed by atoms with Crippen LogP contribution in [0.4, 0.5) is 5.82 Å². The molecule has 1 aliphatic heterocycles. The number of nitrogens with zero attached hydrogens (tertiary/aromatic N) is 4. The molecule has 1 aromatic carbocycles. The van der Waals surface area contributed by atoms with Crippen molar-refractivity contribution in [3.8, 4) is 11.1 Å². The van der Waals surface area contributed by atoms with Gasteiger partial charge in [-0.15, -0.1) is 0 Å². The monoisotopic (exact) mass is 304 g/mol. The van der Waals surface area contributed by atoms with Gasteiger partial charge in [-0.25, -0.2) is 9.97 Å². The zero-order valence-electron chi connectivity index (χ0n) is 13.4. The highest BCUT2D eigenvalue weighted by molar-refractivity contribution is 5.95. The van der Waals surface area contributed by atoms with Gasteiger partial charge < -0.3 is 4.90 Å². The Balaban J connectivity index is 1.89. The van der Waals surface area contributed by atoms with Crippen molar-refractivity contribution in [2.45, 2.75) is 26.2 Å². The van der Waals surface area contributed by atoms with E-state index in [0.717, 1.165) is 35.4 Å². The van der Waals surface area contributed by atoms with Crippen molar-refractivity contribution in [2.24, 2.45) is 0 Å². The molecule has 0 spiro atoms. The van der Waals surface area contributed by atoms with Crippen molar-refractivity contribution < 1.29 is 0 Å². The Kier molecular flexibility index (Phi) is 3.66. The molecular weight excluding hydrogens is 284 g/mol. The Morgan fingerprint density at radius 1 is 1.00 bits per heavy atom. The molecule has 2 aromatic heterocycles. The normalized spacial score (nSPS) is 15.1. The average Bonchev–Trinajstić information content (AvgIpc) is 2.63. The first-order valence-corrected chi connectivity index (χ1v) is 8.23. The molecule has 0 bridgehead atoms. The maximum absolute atomic E-state index is 4.61. The van der Waals surface area contributed by atoms with Gasteiger partial charge in [-0.2, -0.15) is 0 Å². The van der Waals surface area contributed by atoms with E-state index >= 15 is 0 Å². The molecule has 4 rings (SSSR count). The van der Waals surface area contributed by atoms with Gasteiger partial charge in [0.05, 0.1) is 5.52 Å². The van der Waals surface area contributed by atoms with Crippen LogP contribution in [-0.2, 0) is 0 Å². The number of rotatable bonds is 2. The summed E-state index contributed by atoms with van der Waals surface area (Å²) in [6, 6.07) is 8.47. The van der Waals surface area contributed by atoms with Crippen LogP contribution in [0.1, 0.15) is 24.8 Å². The number of benzene rings is 1. The van der Waals surface area contributed by atoms with Crippen molar-refractivity contribution in [2.75, 3.05) is 18.0 Å². The summed E-state index contributed by atoms with van der Waals surface area (Å²) in [6.45, 7) is 4.29. The summed E-state index contributed by atoms with van der Waals surface area (Å²) in [5, 5.41) is 1.15. The molecule has 0 radical (unpaired) electrons. The minimum atomic E-state index is 1.05. The lowest BCUT2D eigenvalue weighted by Crippen LogP contribution is -2.30. The van der Waals surface area contributed by atoms with Crippen LogP contribution in [0.5, 0.6) is 0 Å². The Morgan fingerprint density at radius 3 is 2.65 bits per heavy atom. The first-order valence-electron chi connectivity index (χ1n) is 8.23. The van der Waals surface area contributed by atoms with Crippen LogP contribution in [0.2, 0.25) is 0 Å². The van der Waals surface area contributed by atoms with Crippen LogP contribution in [0.15, 0.2) is 43.0 Å². The highest BCUT2D eigenvalue weighted by Gasteiger charge is 2.16. The third-order valence-corrected chi connectivity index (χ3v) is 4.56. The van der Waals surface area contributed by atoms with Crippen LogP contribution in [0.25, 0.3) is 22.0 Å².